The number of hydrogen-bond acceptors (Lipinski definition) is 4. The van der Waals surface area contributed by atoms with Crippen molar-refractivity contribution < 1.29 is 9.59 Å². The van der Waals surface area contributed by atoms with Gasteiger partial charge in [-0.3, -0.25) is 14.4 Å². The minimum atomic E-state index is -0.569. The van der Waals surface area contributed by atoms with Gasteiger partial charge in [0.2, 0.25) is 0 Å². The Labute approximate surface area is 126 Å². The van der Waals surface area contributed by atoms with Crippen molar-refractivity contribution in [3.05, 3.63) is 57.1 Å². The molecule has 112 valence electrons. The van der Waals surface area contributed by atoms with Gasteiger partial charge in [0.25, 0.3) is 11.5 Å². The van der Waals surface area contributed by atoms with Gasteiger partial charge in [-0.15, -0.1) is 0 Å². The number of rotatable bonds is 2. The van der Waals surface area contributed by atoms with E-state index < -0.39 is 11.5 Å². The van der Waals surface area contributed by atoms with Gasteiger partial charge in [0, 0.05) is 23.4 Å². The van der Waals surface area contributed by atoms with Gasteiger partial charge in [0.05, 0.1) is 0 Å². The molecule has 0 unspecified atom stereocenters. The molecule has 3 rings (SSSR count). The number of aromatic nitrogens is 2. The number of pyridine rings is 2. The van der Waals surface area contributed by atoms with Crippen molar-refractivity contribution in [3.63, 3.8) is 0 Å². The summed E-state index contributed by atoms with van der Waals surface area (Å²) in [6.45, 7) is 1.81. The first-order valence-corrected chi connectivity index (χ1v) is 7.09. The third-order valence-corrected chi connectivity index (χ3v) is 3.63. The highest BCUT2D eigenvalue weighted by atomic mass is 16.2. The first kappa shape index (κ1) is 14.2. The fourth-order valence-corrected chi connectivity index (χ4v) is 2.54. The highest BCUT2D eigenvalue weighted by Crippen LogP contribution is 2.19. The van der Waals surface area contributed by atoms with Crippen LogP contribution in [-0.4, -0.2) is 21.7 Å². The topological polar surface area (TPSA) is 91.9 Å². The summed E-state index contributed by atoms with van der Waals surface area (Å²) >= 11 is 0. The number of aryl methyl sites for hydroxylation is 2. The molecule has 0 radical (unpaired) electrons. The molecule has 0 saturated heterocycles. The summed E-state index contributed by atoms with van der Waals surface area (Å²) in [4.78, 5) is 43.0. The van der Waals surface area contributed by atoms with E-state index in [0.29, 0.717) is 29.9 Å². The molecule has 0 atom stereocenters. The minimum absolute atomic E-state index is 0.0415. The predicted octanol–water partition coefficient (Wildman–Crippen LogP) is 1.85. The molecule has 0 saturated carbocycles. The number of nitrogens with zero attached hydrogens (tertiary/aromatic N) is 1. The van der Waals surface area contributed by atoms with Gasteiger partial charge >= 0.3 is 0 Å². The maximum atomic E-state index is 12.3. The van der Waals surface area contributed by atoms with E-state index in [2.05, 4.69) is 15.3 Å². The van der Waals surface area contributed by atoms with Crippen molar-refractivity contribution in [2.75, 3.05) is 5.32 Å². The lowest BCUT2D eigenvalue weighted by molar-refractivity contribution is 0.0971. The molecule has 2 aromatic rings. The minimum Gasteiger partial charge on any atom is -0.325 e. The van der Waals surface area contributed by atoms with Gasteiger partial charge in [-0.05, 0) is 38.0 Å². The van der Waals surface area contributed by atoms with Crippen LogP contribution in [0.15, 0.2) is 29.1 Å². The van der Waals surface area contributed by atoms with Gasteiger partial charge in [0.15, 0.2) is 5.78 Å². The smallest absolute Gasteiger partial charge is 0.262 e. The Morgan fingerprint density at radius 1 is 1.27 bits per heavy atom. The average Bonchev–Trinajstić information content (AvgIpc) is 2.46. The Hall–Kier alpha value is -2.76. The number of aromatic amines is 1. The number of anilines is 1. The molecule has 0 aliphatic heterocycles. The van der Waals surface area contributed by atoms with Crippen LogP contribution in [0.2, 0.25) is 0 Å². The number of carbonyl (C=O) groups is 2. The Bertz CT molecular complexity index is 824. The number of Topliss-reactive ketones (excluding diaryl/α,β-unsaturated/α-hetero) is 1. The van der Waals surface area contributed by atoms with Crippen molar-refractivity contribution in [2.24, 2.45) is 0 Å². The van der Waals surface area contributed by atoms with Crippen LogP contribution >= 0.6 is 0 Å². The summed E-state index contributed by atoms with van der Waals surface area (Å²) in [5, 5.41) is 2.58. The second kappa shape index (κ2) is 5.55. The lowest BCUT2D eigenvalue weighted by Crippen LogP contribution is -2.27. The van der Waals surface area contributed by atoms with Crippen LogP contribution in [0.4, 0.5) is 5.82 Å². The maximum absolute atomic E-state index is 12.3. The molecule has 0 spiro atoms. The quantitative estimate of drug-likeness (QED) is 0.884. The lowest BCUT2D eigenvalue weighted by atomic mass is 9.93. The van der Waals surface area contributed by atoms with Crippen LogP contribution in [0.3, 0.4) is 0 Å². The average molecular weight is 297 g/mol. The van der Waals surface area contributed by atoms with E-state index in [4.69, 9.17) is 0 Å². The monoisotopic (exact) mass is 297 g/mol. The van der Waals surface area contributed by atoms with E-state index in [1.54, 1.807) is 25.1 Å². The maximum Gasteiger partial charge on any atom is 0.262 e. The summed E-state index contributed by atoms with van der Waals surface area (Å²) in [6, 6.07) is 6.60. The highest BCUT2D eigenvalue weighted by molar-refractivity contribution is 6.06. The number of fused-ring (bicyclic) bond motifs is 1. The van der Waals surface area contributed by atoms with Crippen LogP contribution < -0.4 is 10.9 Å². The van der Waals surface area contributed by atoms with Gasteiger partial charge in [-0.25, -0.2) is 4.98 Å². The van der Waals surface area contributed by atoms with E-state index in [1.165, 1.54) is 6.07 Å². The molecular formula is C16H15N3O3. The molecule has 1 aliphatic carbocycles. The van der Waals surface area contributed by atoms with Gasteiger partial charge in [-0.2, -0.15) is 0 Å². The SMILES string of the molecule is Cc1cccc(NC(=O)c2cc3c([nH]c2=O)CCCC3=O)n1. The highest BCUT2D eigenvalue weighted by Gasteiger charge is 2.22. The number of amides is 1. The number of ketones is 1. The Morgan fingerprint density at radius 2 is 2.09 bits per heavy atom. The molecule has 1 amide bonds. The lowest BCUT2D eigenvalue weighted by Gasteiger charge is -2.15. The fraction of sp³-hybridized carbons (Fsp3) is 0.250. The van der Waals surface area contributed by atoms with Crippen molar-refractivity contribution in [1.29, 1.82) is 0 Å². The summed E-state index contributed by atoms with van der Waals surface area (Å²) < 4.78 is 0. The summed E-state index contributed by atoms with van der Waals surface area (Å²) in [7, 11) is 0. The Kier molecular flexibility index (Phi) is 3.58. The molecule has 6 heteroatoms. The standard InChI is InChI=1S/C16H15N3O3/c1-9-4-2-7-14(17-9)19-16(22)11-8-10-12(18-15(11)21)5-3-6-13(10)20/h2,4,7-8H,3,5-6H2,1H3,(H,18,21)(H,17,19,22). The van der Waals surface area contributed by atoms with E-state index in [-0.39, 0.29) is 11.3 Å². The van der Waals surface area contributed by atoms with E-state index in [0.717, 1.165) is 12.1 Å². The molecule has 1 aliphatic rings. The summed E-state index contributed by atoms with van der Waals surface area (Å²) in [6.07, 6.45) is 1.82. The zero-order chi connectivity index (χ0) is 15.7. The molecule has 0 bridgehead atoms. The predicted molar refractivity (Wildman–Crippen MR) is 81.3 cm³/mol. The molecule has 0 aromatic carbocycles. The molecule has 22 heavy (non-hydrogen) atoms. The van der Waals surface area contributed by atoms with Crippen molar-refractivity contribution >= 4 is 17.5 Å². The second-order valence-electron chi connectivity index (χ2n) is 5.30. The van der Waals surface area contributed by atoms with Crippen molar-refractivity contribution in [2.45, 2.75) is 26.2 Å². The van der Waals surface area contributed by atoms with E-state index >= 15 is 0 Å². The number of nitrogens with one attached hydrogen (secondary N) is 2. The van der Waals surface area contributed by atoms with Crippen LogP contribution in [0.1, 0.15) is 44.9 Å². The van der Waals surface area contributed by atoms with Crippen molar-refractivity contribution in [1.82, 2.24) is 9.97 Å². The van der Waals surface area contributed by atoms with Gasteiger partial charge < -0.3 is 10.3 Å². The normalized spacial score (nSPS) is 13.6. The molecule has 0 fully saturated rings. The Balaban J connectivity index is 1.94. The van der Waals surface area contributed by atoms with E-state index in [1.807, 2.05) is 0 Å². The number of hydrogen-bond donors (Lipinski definition) is 2. The van der Waals surface area contributed by atoms with Gasteiger partial charge in [-0.1, -0.05) is 6.07 Å². The second-order valence-corrected chi connectivity index (χ2v) is 5.30. The molecular weight excluding hydrogens is 282 g/mol. The molecule has 6 nitrogen and oxygen atoms in total. The zero-order valence-electron chi connectivity index (χ0n) is 12.1. The Morgan fingerprint density at radius 3 is 2.86 bits per heavy atom. The molecule has 2 aromatic heterocycles. The third kappa shape index (κ3) is 2.67. The van der Waals surface area contributed by atoms with Crippen LogP contribution in [-0.2, 0) is 6.42 Å². The summed E-state index contributed by atoms with van der Waals surface area (Å²) in [5.41, 5.74) is 1.25. The molecule has 2 N–H and O–H groups in total. The third-order valence-electron chi connectivity index (χ3n) is 3.63. The van der Waals surface area contributed by atoms with Crippen molar-refractivity contribution in [3.8, 4) is 0 Å². The summed E-state index contributed by atoms with van der Waals surface area (Å²) in [5.74, 6) is -0.241. The number of H-pyrrole nitrogens is 1. The first-order valence-electron chi connectivity index (χ1n) is 7.09. The molecule has 2 heterocycles. The van der Waals surface area contributed by atoms with Crippen LogP contribution in [0.25, 0.3) is 0 Å². The van der Waals surface area contributed by atoms with Gasteiger partial charge in [0.1, 0.15) is 11.4 Å². The van der Waals surface area contributed by atoms with Crippen LogP contribution in [0.5, 0.6) is 0 Å². The van der Waals surface area contributed by atoms with Crippen LogP contribution in [0, 0.1) is 6.92 Å². The van der Waals surface area contributed by atoms with E-state index in [9.17, 15) is 14.4 Å². The number of carbonyl (C=O) groups excluding carboxylic acids is 2. The zero-order valence-corrected chi connectivity index (χ0v) is 12.1. The first-order chi connectivity index (χ1) is 10.5. The largest absolute Gasteiger partial charge is 0.325 e. The fourth-order valence-electron chi connectivity index (χ4n) is 2.54.